The van der Waals surface area contributed by atoms with Crippen molar-refractivity contribution in [3.8, 4) is 0 Å². The first-order chi connectivity index (χ1) is 7.14. The smallest absolute Gasteiger partial charge is 0.387 e. The van der Waals surface area contributed by atoms with Crippen molar-refractivity contribution < 1.29 is 17.9 Å². The molecule has 2 atom stereocenters. The maximum Gasteiger partial charge on any atom is 0.400 e. The zero-order valence-electron chi connectivity index (χ0n) is 9.77. The first-order valence-corrected chi connectivity index (χ1v) is 5.16. The van der Waals surface area contributed by atoms with Gasteiger partial charge in [0.25, 0.3) is 0 Å². The fourth-order valence-corrected chi connectivity index (χ4v) is 1.35. The normalized spacial score (nSPS) is 16.2. The van der Waals surface area contributed by atoms with E-state index in [0.29, 0.717) is 12.3 Å². The molecule has 0 saturated heterocycles. The van der Waals surface area contributed by atoms with Crippen LogP contribution in [-0.4, -0.2) is 24.7 Å². The van der Waals surface area contributed by atoms with Crippen LogP contribution < -0.4 is 5.73 Å². The summed E-state index contributed by atoms with van der Waals surface area (Å²) in [7, 11) is 0. The molecule has 0 saturated carbocycles. The molecular weight excluding hydrogens is 221 g/mol. The number of rotatable bonds is 6. The van der Waals surface area contributed by atoms with Crippen molar-refractivity contribution in [2.75, 3.05) is 6.61 Å². The van der Waals surface area contributed by atoms with Gasteiger partial charge in [-0.05, 0) is 19.3 Å². The molecule has 3 N–H and O–H groups in total. The lowest BCUT2D eigenvalue weighted by Gasteiger charge is -2.22. The Morgan fingerprint density at radius 2 is 1.81 bits per heavy atom. The summed E-state index contributed by atoms with van der Waals surface area (Å²) in [6.45, 7) is 5.07. The van der Waals surface area contributed by atoms with Gasteiger partial charge in [-0.1, -0.05) is 13.8 Å². The van der Waals surface area contributed by atoms with E-state index in [-0.39, 0.29) is 6.10 Å². The standard InChI is InChI=1S/C10H19F3N2O/c1-6(2)4-7(3)16-5-8(9(14)15)10(11,12)13/h6-8H,4-5H2,1-3H3,(H3,14,15). The van der Waals surface area contributed by atoms with Gasteiger partial charge in [-0.15, -0.1) is 0 Å². The second kappa shape index (κ2) is 6.08. The molecule has 0 aliphatic heterocycles. The van der Waals surface area contributed by atoms with Crippen LogP contribution in [0.5, 0.6) is 0 Å². The van der Waals surface area contributed by atoms with E-state index in [1.165, 1.54) is 0 Å². The van der Waals surface area contributed by atoms with Crippen LogP contribution in [0.25, 0.3) is 0 Å². The van der Waals surface area contributed by atoms with E-state index in [1.54, 1.807) is 6.92 Å². The minimum absolute atomic E-state index is 0.260. The predicted octanol–water partition coefficient (Wildman–Crippen LogP) is 2.55. The Morgan fingerprint density at radius 1 is 1.31 bits per heavy atom. The Bertz CT molecular complexity index is 229. The fourth-order valence-electron chi connectivity index (χ4n) is 1.35. The summed E-state index contributed by atoms with van der Waals surface area (Å²) in [6, 6.07) is 0. The third-order valence-corrected chi connectivity index (χ3v) is 2.12. The summed E-state index contributed by atoms with van der Waals surface area (Å²) in [5.74, 6) is -2.54. The lowest BCUT2D eigenvalue weighted by molar-refractivity contribution is -0.172. The number of alkyl halides is 3. The van der Waals surface area contributed by atoms with Crippen LogP contribution in [0.2, 0.25) is 0 Å². The van der Waals surface area contributed by atoms with Gasteiger partial charge in [-0.2, -0.15) is 13.2 Å². The first kappa shape index (κ1) is 15.2. The molecule has 6 heteroatoms. The van der Waals surface area contributed by atoms with Crippen molar-refractivity contribution in [1.82, 2.24) is 0 Å². The maximum absolute atomic E-state index is 12.4. The highest BCUT2D eigenvalue weighted by molar-refractivity contribution is 5.80. The topological polar surface area (TPSA) is 59.1 Å². The summed E-state index contributed by atoms with van der Waals surface area (Å²) >= 11 is 0. The lowest BCUT2D eigenvalue weighted by Crippen LogP contribution is -2.39. The summed E-state index contributed by atoms with van der Waals surface area (Å²) in [5.41, 5.74) is 4.89. The molecule has 0 rings (SSSR count). The van der Waals surface area contributed by atoms with E-state index in [0.717, 1.165) is 0 Å². The Kier molecular flexibility index (Phi) is 5.78. The Labute approximate surface area is 93.7 Å². The average molecular weight is 240 g/mol. The molecule has 0 amide bonds. The largest absolute Gasteiger partial charge is 0.400 e. The summed E-state index contributed by atoms with van der Waals surface area (Å²) in [4.78, 5) is 0. The molecule has 2 unspecified atom stereocenters. The number of hydrogen-bond acceptors (Lipinski definition) is 2. The van der Waals surface area contributed by atoms with Gasteiger partial charge in [0.15, 0.2) is 0 Å². The molecule has 0 aromatic carbocycles. The van der Waals surface area contributed by atoms with Gasteiger partial charge in [0.05, 0.1) is 12.7 Å². The van der Waals surface area contributed by atoms with Crippen molar-refractivity contribution >= 4 is 5.84 Å². The number of ether oxygens (including phenoxy) is 1. The van der Waals surface area contributed by atoms with Crippen LogP contribution in [0.4, 0.5) is 13.2 Å². The van der Waals surface area contributed by atoms with Crippen LogP contribution >= 0.6 is 0 Å². The van der Waals surface area contributed by atoms with Gasteiger partial charge >= 0.3 is 6.18 Å². The average Bonchev–Trinajstić information content (AvgIpc) is 1.98. The molecule has 0 heterocycles. The monoisotopic (exact) mass is 240 g/mol. The van der Waals surface area contributed by atoms with Gasteiger partial charge in [0, 0.05) is 0 Å². The van der Waals surface area contributed by atoms with E-state index in [1.807, 2.05) is 13.8 Å². The van der Waals surface area contributed by atoms with Crippen molar-refractivity contribution in [2.24, 2.45) is 17.6 Å². The maximum atomic E-state index is 12.4. The number of amidine groups is 1. The Hall–Kier alpha value is -0.780. The molecule has 3 nitrogen and oxygen atoms in total. The molecule has 0 aromatic heterocycles. The van der Waals surface area contributed by atoms with Crippen LogP contribution in [0.1, 0.15) is 27.2 Å². The lowest BCUT2D eigenvalue weighted by atomic mass is 10.1. The van der Waals surface area contributed by atoms with Gasteiger partial charge in [-0.25, -0.2) is 0 Å². The third-order valence-electron chi connectivity index (χ3n) is 2.12. The molecule has 0 fully saturated rings. The summed E-state index contributed by atoms with van der Waals surface area (Å²) < 4.78 is 42.2. The van der Waals surface area contributed by atoms with Crippen LogP contribution in [0.15, 0.2) is 0 Å². The first-order valence-electron chi connectivity index (χ1n) is 5.16. The molecule has 96 valence electrons. The molecule has 0 aliphatic rings. The zero-order chi connectivity index (χ0) is 12.9. The number of nitrogens with two attached hydrogens (primary N) is 1. The van der Waals surface area contributed by atoms with Crippen LogP contribution in [0, 0.1) is 17.2 Å². The highest BCUT2D eigenvalue weighted by Gasteiger charge is 2.42. The van der Waals surface area contributed by atoms with Crippen molar-refractivity contribution in [1.29, 1.82) is 5.41 Å². The highest BCUT2D eigenvalue weighted by atomic mass is 19.4. The van der Waals surface area contributed by atoms with Crippen molar-refractivity contribution in [3.05, 3.63) is 0 Å². The van der Waals surface area contributed by atoms with Crippen LogP contribution in [0.3, 0.4) is 0 Å². The van der Waals surface area contributed by atoms with Gasteiger partial charge < -0.3 is 10.5 Å². The number of nitrogens with one attached hydrogen (secondary N) is 1. The summed E-state index contributed by atoms with van der Waals surface area (Å²) in [5, 5.41) is 6.87. The molecule has 0 bridgehead atoms. The predicted molar refractivity (Wildman–Crippen MR) is 56.3 cm³/mol. The van der Waals surface area contributed by atoms with Gasteiger partial charge in [-0.3, -0.25) is 5.41 Å². The second-order valence-corrected chi connectivity index (χ2v) is 4.32. The van der Waals surface area contributed by atoms with E-state index < -0.39 is 24.5 Å². The van der Waals surface area contributed by atoms with Crippen LogP contribution in [-0.2, 0) is 4.74 Å². The van der Waals surface area contributed by atoms with Crippen molar-refractivity contribution in [3.63, 3.8) is 0 Å². The van der Waals surface area contributed by atoms with Crippen molar-refractivity contribution in [2.45, 2.75) is 39.5 Å². The minimum Gasteiger partial charge on any atom is -0.387 e. The van der Waals surface area contributed by atoms with Gasteiger partial charge in [0.2, 0.25) is 0 Å². The summed E-state index contributed by atoms with van der Waals surface area (Å²) in [6.07, 6.45) is -4.09. The number of hydrogen-bond donors (Lipinski definition) is 2. The molecular formula is C10H19F3N2O. The van der Waals surface area contributed by atoms with E-state index in [9.17, 15) is 13.2 Å². The quantitative estimate of drug-likeness (QED) is 0.553. The molecule has 0 spiro atoms. The molecule has 0 aliphatic carbocycles. The number of halogens is 3. The molecule has 16 heavy (non-hydrogen) atoms. The SMILES string of the molecule is CC(C)CC(C)OCC(C(=N)N)C(F)(F)F. The van der Waals surface area contributed by atoms with E-state index >= 15 is 0 Å². The second-order valence-electron chi connectivity index (χ2n) is 4.32. The molecule has 0 radical (unpaired) electrons. The highest BCUT2D eigenvalue weighted by Crippen LogP contribution is 2.26. The van der Waals surface area contributed by atoms with E-state index in [4.69, 9.17) is 15.9 Å². The van der Waals surface area contributed by atoms with Gasteiger partial charge in [0.1, 0.15) is 11.8 Å². The zero-order valence-corrected chi connectivity index (χ0v) is 9.77. The molecule has 0 aromatic rings. The Balaban J connectivity index is 4.19. The fraction of sp³-hybridized carbons (Fsp3) is 0.900. The third kappa shape index (κ3) is 5.95. The van der Waals surface area contributed by atoms with E-state index in [2.05, 4.69) is 0 Å². The Morgan fingerprint density at radius 3 is 2.12 bits per heavy atom. The minimum atomic E-state index is -4.51.